The van der Waals surface area contributed by atoms with Gasteiger partial charge in [0.05, 0.1) is 11.4 Å². The molecule has 0 amide bonds. The predicted octanol–water partition coefficient (Wildman–Crippen LogP) is 5.06. The Morgan fingerprint density at radius 3 is 2.29 bits per heavy atom. The Kier molecular flexibility index (Phi) is 5.01. The molecule has 0 aliphatic heterocycles. The summed E-state index contributed by atoms with van der Waals surface area (Å²) in [4.78, 5) is -0.556. The van der Waals surface area contributed by atoms with Gasteiger partial charge in [-0.25, -0.2) is 17.5 Å². The molecule has 0 atom stereocenters. The molecule has 0 N–H and O–H groups in total. The minimum atomic E-state index is -4.72. The molecule has 0 fully saturated rings. The molecule has 1 aromatic heterocycles. The van der Waals surface area contributed by atoms with Crippen LogP contribution in [0, 0.1) is 12.7 Å². The summed E-state index contributed by atoms with van der Waals surface area (Å²) in [5.74, 6) is -1.09. The zero-order valence-electron chi connectivity index (χ0n) is 14.6. The Labute approximate surface area is 163 Å². The van der Waals surface area contributed by atoms with E-state index in [1.807, 2.05) is 0 Å². The smallest absolute Gasteiger partial charge is 0.232 e. The Balaban J connectivity index is 2.24. The Morgan fingerprint density at radius 2 is 1.75 bits per heavy atom. The number of alkyl halides is 3. The highest BCUT2D eigenvalue weighted by Crippen LogP contribution is 2.34. The van der Waals surface area contributed by atoms with Gasteiger partial charge in [-0.05, 0) is 36.8 Å². The molecule has 0 unspecified atom stereocenters. The van der Waals surface area contributed by atoms with Crippen LogP contribution in [0.25, 0.3) is 16.9 Å². The topological polar surface area (TPSA) is 52.0 Å². The van der Waals surface area contributed by atoms with E-state index in [0.717, 1.165) is 34.7 Å². The average Bonchev–Trinajstić information content (AvgIpc) is 3.01. The number of halogens is 5. The van der Waals surface area contributed by atoms with E-state index in [4.69, 9.17) is 11.6 Å². The summed E-state index contributed by atoms with van der Waals surface area (Å²) >= 11 is 6.08. The lowest BCUT2D eigenvalue weighted by atomic mass is 10.1. The zero-order valence-corrected chi connectivity index (χ0v) is 16.1. The van der Waals surface area contributed by atoms with E-state index in [1.165, 1.54) is 12.1 Å². The van der Waals surface area contributed by atoms with E-state index in [0.29, 0.717) is 10.6 Å². The molecule has 2 aromatic carbocycles. The highest BCUT2D eigenvalue weighted by Gasteiger charge is 2.35. The van der Waals surface area contributed by atoms with Crippen molar-refractivity contribution in [2.24, 2.45) is 0 Å². The first-order chi connectivity index (χ1) is 12.9. The lowest BCUT2D eigenvalue weighted by molar-refractivity contribution is -0.141. The Morgan fingerprint density at radius 1 is 1.07 bits per heavy atom. The molecule has 3 rings (SSSR count). The van der Waals surface area contributed by atoms with Crippen LogP contribution >= 0.6 is 11.6 Å². The molecule has 28 heavy (non-hydrogen) atoms. The number of aromatic nitrogens is 2. The fourth-order valence-electron chi connectivity index (χ4n) is 2.60. The van der Waals surface area contributed by atoms with E-state index in [2.05, 4.69) is 5.10 Å². The predicted molar refractivity (Wildman–Crippen MR) is 96.8 cm³/mol. The van der Waals surface area contributed by atoms with Gasteiger partial charge in [0.2, 0.25) is 0 Å². The normalized spacial score (nSPS) is 12.4. The highest BCUT2D eigenvalue weighted by molar-refractivity contribution is 7.90. The molecule has 4 nitrogen and oxygen atoms in total. The second-order valence-corrected chi connectivity index (χ2v) is 8.57. The van der Waals surface area contributed by atoms with Crippen LogP contribution in [0.4, 0.5) is 17.6 Å². The van der Waals surface area contributed by atoms with Gasteiger partial charge in [-0.15, -0.1) is 0 Å². The Hall–Kier alpha value is -2.39. The van der Waals surface area contributed by atoms with E-state index in [-0.39, 0.29) is 11.4 Å². The van der Waals surface area contributed by atoms with Gasteiger partial charge in [-0.3, -0.25) is 0 Å². The van der Waals surface area contributed by atoms with Gasteiger partial charge in [-0.2, -0.15) is 18.3 Å². The molecule has 0 spiro atoms. The van der Waals surface area contributed by atoms with Gasteiger partial charge in [0.25, 0.3) is 0 Å². The summed E-state index contributed by atoms with van der Waals surface area (Å²) in [5, 5.41) is 3.89. The number of benzene rings is 2. The number of sulfone groups is 1. The van der Waals surface area contributed by atoms with Gasteiger partial charge in [-0.1, -0.05) is 23.7 Å². The summed E-state index contributed by atoms with van der Waals surface area (Å²) in [7, 11) is -3.83. The third-order valence-electron chi connectivity index (χ3n) is 4.03. The maximum atomic E-state index is 14.3. The molecule has 0 saturated carbocycles. The fourth-order valence-corrected chi connectivity index (χ4v) is 3.51. The lowest BCUT2D eigenvalue weighted by Gasteiger charge is -2.10. The van der Waals surface area contributed by atoms with Crippen molar-refractivity contribution in [2.45, 2.75) is 18.0 Å². The van der Waals surface area contributed by atoms with Gasteiger partial charge >= 0.3 is 6.18 Å². The second kappa shape index (κ2) is 6.89. The van der Waals surface area contributed by atoms with Gasteiger partial charge in [0, 0.05) is 22.9 Å². The van der Waals surface area contributed by atoms with Crippen LogP contribution in [0.2, 0.25) is 5.02 Å². The molecule has 1 heterocycles. The van der Waals surface area contributed by atoms with Crippen LogP contribution in [0.1, 0.15) is 11.3 Å². The summed E-state index contributed by atoms with van der Waals surface area (Å²) in [6.07, 6.45) is -3.89. The van der Waals surface area contributed by atoms with Crippen molar-refractivity contribution in [3.63, 3.8) is 0 Å². The van der Waals surface area contributed by atoms with Crippen LogP contribution < -0.4 is 0 Å². The lowest BCUT2D eigenvalue weighted by Crippen LogP contribution is -2.08. The zero-order chi connectivity index (χ0) is 20.9. The standard InChI is InChI=1S/C18H13ClF4N2O2S/c1-10-3-4-11(7-13(10)19)15-9-17(18(21,22)23)24-25(15)12-5-6-16(14(20)8-12)28(2,26)27/h3-9H,1-2H3. The fraction of sp³-hybridized carbons (Fsp3) is 0.167. The minimum absolute atomic E-state index is 0.0285. The maximum Gasteiger partial charge on any atom is 0.435 e. The first kappa shape index (κ1) is 20.3. The van der Waals surface area contributed by atoms with Gasteiger partial charge in [0.1, 0.15) is 10.7 Å². The van der Waals surface area contributed by atoms with E-state index >= 15 is 0 Å². The average molecular weight is 433 g/mol. The molecule has 148 valence electrons. The molecule has 0 radical (unpaired) electrons. The maximum absolute atomic E-state index is 14.3. The van der Waals surface area contributed by atoms with Crippen LogP contribution in [-0.2, 0) is 16.0 Å². The van der Waals surface area contributed by atoms with Crippen molar-refractivity contribution in [3.05, 3.63) is 64.6 Å². The monoisotopic (exact) mass is 432 g/mol. The first-order valence-corrected chi connectivity index (χ1v) is 10.1. The van der Waals surface area contributed by atoms with Crippen molar-refractivity contribution in [2.75, 3.05) is 6.26 Å². The van der Waals surface area contributed by atoms with Crippen molar-refractivity contribution in [1.82, 2.24) is 9.78 Å². The Bertz CT molecular complexity index is 1170. The molecule has 0 aliphatic carbocycles. The summed E-state index contributed by atoms with van der Waals surface area (Å²) in [6.45, 7) is 1.74. The van der Waals surface area contributed by atoms with Crippen molar-refractivity contribution >= 4 is 21.4 Å². The van der Waals surface area contributed by atoms with E-state index in [1.54, 1.807) is 19.1 Å². The summed E-state index contributed by atoms with van der Waals surface area (Å²) < 4.78 is 77.9. The number of hydrogen-bond acceptors (Lipinski definition) is 3. The number of nitrogens with zero attached hydrogens (tertiary/aromatic N) is 2. The van der Waals surface area contributed by atoms with Crippen molar-refractivity contribution in [1.29, 1.82) is 0 Å². The SMILES string of the molecule is Cc1ccc(-c2cc(C(F)(F)F)nn2-c2ccc(S(C)(=O)=O)c(F)c2)cc1Cl. The van der Waals surface area contributed by atoms with Gasteiger partial charge < -0.3 is 0 Å². The number of hydrogen-bond donors (Lipinski definition) is 0. The first-order valence-electron chi connectivity index (χ1n) is 7.81. The quantitative estimate of drug-likeness (QED) is 0.543. The summed E-state index contributed by atoms with van der Waals surface area (Å²) in [5.41, 5.74) is -0.137. The van der Waals surface area contributed by atoms with E-state index in [9.17, 15) is 26.0 Å². The molecule has 3 aromatic rings. The molecule has 0 bridgehead atoms. The minimum Gasteiger partial charge on any atom is -0.232 e. The second-order valence-electron chi connectivity index (χ2n) is 6.18. The number of rotatable bonds is 3. The van der Waals surface area contributed by atoms with E-state index < -0.39 is 32.4 Å². The molecule has 10 heteroatoms. The van der Waals surface area contributed by atoms with Crippen LogP contribution in [0.15, 0.2) is 47.4 Å². The van der Waals surface area contributed by atoms with Crippen molar-refractivity contribution in [3.8, 4) is 16.9 Å². The highest BCUT2D eigenvalue weighted by atomic mass is 35.5. The molecular formula is C18H13ClF4N2O2S. The molecule has 0 saturated heterocycles. The van der Waals surface area contributed by atoms with Crippen molar-refractivity contribution < 1.29 is 26.0 Å². The number of aryl methyl sites for hydroxylation is 1. The van der Waals surface area contributed by atoms with Crippen LogP contribution in [0.5, 0.6) is 0 Å². The third kappa shape index (κ3) is 3.90. The third-order valence-corrected chi connectivity index (χ3v) is 5.56. The summed E-state index contributed by atoms with van der Waals surface area (Å²) in [6, 6.07) is 8.50. The molecule has 0 aliphatic rings. The van der Waals surface area contributed by atoms with Crippen LogP contribution in [-0.4, -0.2) is 24.5 Å². The molecular weight excluding hydrogens is 420 g/mol. The van der Waals surface area contributed by atoms with Gasteiger partial charge in [0.15, 0.2) is 15.5 Å². The largest absolute Gasteiger partial charge is 0.435 e. The van der Waals surface area contributed by atoms with Crippen LogP contribution in [0.3, 0.4) is 0 Å².